The number of hydrogen-bond donors (Lipinski definition) is 2. The molecule has 0 aromatic heterocycles. The molecule has 0 saturated heterocycles. The molecule has 0 aliphatic heterocycles. The smallest absolute Gasteiger partial charge is 0.481 e. The van der Waals surface area contributed by atoms with Crippen molar-refractivity contribution in [3.63, 3.8) is 0 Å². The van der Waals surface area contributed by atoms with Gasteiger partial charge < -0.3 is 10.2 Å². The van der Waals surface area contributed by atoms with Crippen molar-refractivity contribution in [2.75, 3.05) is 0 Å². The summed E-state index contributed by atoms with van der Waals surface area (Å²) >= 11 is 0. The first kappa shape index (κ1) is 17.5. The standard InChI is InChI=1S/C2HF3O2.C2H4O2.Ag/c3-2(4,5)1(6)7;1-2(3)4;/h(H,6,7);1H3,(H,3,4);. The normalized spacial score (nSPS) is 8.67. The van der Waals surface area contributed by atoms with Gasteiger partial charge in [0.25, 0.3) is 5.97 Å². The van der Waals surface area contributed by atoms with E-state index in [4.69, 9.17) is 19.8 Å². The van der Waals surface area contributed by atoms with Crippen LogP contribution in [0.4, 0.5) is 13.2 Å². The molecule has 0 aliphatic carbocycles. The van der Waals surface area contributed by atoms with Crippen molar-refractivity contribution in [3.05, 3.63) is 0 Å². The van der Waals surface area contributed by atoms with Gasteiger partial charge in [0.2, 0.25) is 0 Å². The predicted molar refractivity (Wildman–Crippen MR) is 27.0 cm³/mol. The molecule has 1 radical (unpaired) electrons. The Morgan fingerprint density at radius 3 is 1.25 bits per heavy atom. The maximum Gasteiger partial charge on any atom is 0.490 e. The van der Waals surface area contributed by atoms with E-state index in [2.05, 4.69) is 0 Å². The SMILES string of the molecule is CC(=O)O.O=C(O)C(F)(F)F.[Ag]. The Kier molecular flexibility index (Phi) is 10.4. The fraction of sp³-hybridized carbons (Fsp3) is 0.500. The molecule has 4 nitrogen and oxygen atoms in total. The summed E-state index contributed by atoms with van der Waals surface area (Å²) in [7, 11) is 0. The van der Waals surface area contributed by atoms with Crippen LogP contribution < -0.4 is 0 Å². The van der Waals surface area contributed by atoms with Gasteiger partial charge in [-0.25, -0.2) is 4.79 Å². The number of carbonyl (C=O) groups is 2. The third-order valence-electron chi connectivity index (χ3n) is 0.243. The molecule has 0 heterocycles. The van der Waals surface area contributed by atoms with E-state index in [0.29, 0.717) is 0 Å². The van der Waals surface area contributed by atoms with Crippen molar-refractivity contribution >= 4 is 11.9 Å². The van der Waals surface area contributed by atoms with Crippen LogP contribution in [0, 0.1) is 0 Å². The van der Waals surface area contributed by atoms with Gasteiger partial charge in [0.05, 0.1) is 0 Å². The van der Waals surface area contributed by atoms with E-state index < -0.39 is 18.1 Å². The van der Waals surface area contributed by atoms with Gasteiger partial charge in [-0.3, -0.25) is 4.79 Å². The Labute approximate surface area is 80.9 Å². The molecule has 0 aliphatic rings. The first-order valence-corrected chi connectivity index (χ1v) is 2.17. The fourth-order valence-corrected chi connectivity index (χ4v) is 0. The van der Waals surface area contributed by atoms with Crippen LogP contribution in [0.1, 0.15) is 6.92 Å². The second-order valence-corrected chi connectivity index (χ2v) is 1.32. The van der Waals surface area contributed by atoms with Gasteiger partial charge in [-0.05, 0) is 0 Å². The van der Waals surface area contributed by atoms with Crippen molar-refractivity contribution in [2.45, 2.75) is 13.1 Å². The third-order valence-corrected chi connectivity index (χ3v) is 0.243. The molecule has 0 fully saturated rings. The minimum Gasteiger partial charge on any atom is -0.481 e. The molecule has 0 aromatic carbocycles. The van der Waals surface area contributed by atoms with Crippen molar-refractivity contribution in [3.8, 4) is 0 Å². The van der Waals surface area contributed by atoms with E-state index >= 15 is 0 Å². The van der Waals surface area contributed by atoms with Gasteiger partial charge in [0.1, 0.15) is 0 Å². The molecule has 0 amide bonds. The van der Waals surface area contributed by atoms with Crippen LogP contribution in [0.2, 0.25) is 0 Å². The minimum absolute atomic E-state index is 0. The first-order chi connectivity index (χ1) is 4.68. The number of rotatable bonds is 0. The Bertz CT molecular complexity index is 151. The Hall–Kier alpha value is -0.530. The van der Waals surface area contributed by atoms with E-state index in [-0.39, 0.29) is 22.4 Å². The van der Waals surface area contributed by atoms with Gasteiger partial charge in [-0.15, -0.1) is 0 Å². The van der Waals surface area contributed by atoms with Crippen molar-refractivity contribution in [1.29, 1.82) is 0 Å². The van der Waals surface area contributed by atoms with Crippen LogP contribution >= 0.6 is 0 Å². The monoisotopic (exact) mass is 281 g/mol. The van der Waals surface area contributed by atoms with Crippen LogP contribution in [0.3, 0.4) is 0 Å². The Morgan fingerprint density at radius 2 is 1.25 bits per heavy atom. The van der Waals surface area contributed by atoms with Gasteiger partial charge in [-0.2, -0.15) is 13.2 Å². The van der Waals surface area contributed by atoms with Crippen LogP contribution in [-0.4, -0.2) is 28.3 Å². The molecule has 77 valence electrons. The van der Waals surface area contributed by atoms with E-state index in [1.54, 1.807) is 0 Å². The summed E-state index contributed by atoms with van der Waals surface area (Å²) in [6.45, 7) is 1.08. The van der Waals surface area contributed by atoms with Gasteiger partial charge in [-0.1, -0.05) is 0 Å². The second-order valence-electron chi connectivity index (χ2n) is 1.32. The number of alkyl halides is 3. The van der Waals surface area contributed by atoms with Crippen LogP contribution in [-0.2, 0) is 32.0 Å². The Morgan fingerprint density at radius 1 is 1.17 bits per heavy atom. The summed E-state index contributed by atoms with van der Waals surface area (Å²) in [6.07, 6.45) is -5.08. The molecule has 0 unspecified atom stereocenters. The average Bonchev–Trinajstić information content (AvgIpc) is 1.59. The summed E-state index contributed by atoms with van der Waals surface area (Å²) in [6, 6.07) is 0. The molecule has 0 bridgehead atoms. The van der Waals surface area contributed by atoms with Crippen molar-refractivity contribution < 1.29 is 55.4 Å². The number of hydrogen-bond acceptors (Lipinski definition) is 2. The average molecular weight is 282 g/mol. The maximum atomic E-state index is 10.6. The van der Waals surface area contributed by atoms with Crippen LogP contribution in [0.25, 0.3) is 0 Å². The molecule has 8 heteroatoms. The maximum absolute atomic E-state index is 10.6. The first-order valence-electron chi connectivity index (χ1n) is 2.17. The summed E-state index contributed by atoms with van der Waals surface area (Å²) in [5, 5.41) is 14.5. The summed E-state index contributed by atoms with van der Waals surface area (Å²) in [4.78, 5) is 17.9. The zero-order valence-corrected chi connectivity index (χ0v) is 7.13. The number of carboxylic acids is 2. The number of halogens is 3. The van der Waals surface area contributed by atoms with Crippen molar-refractivity contribution in [2.24, 2.45) is 0 Å². The Balaban J connectivity index is -0.000000142. The zero-order chi connectivity index (χ0) is 9.65. The van der Waals surface area contributed by atoms with Crippen LogP contribution in [0.15, 0.2) is 0 Å². The van der Waals surface area contributed by atoms with Gasteiger partial charge in [0.15, 0.2) is 0 Å². The fourth-order valence-electron chi connectivity index (χ4n) is 0. The molecule has 0 spiro atoms. The molecule has 0 saturated carbocycles. The van der Waals surface area contributed by atoms with E-state index in [1.807, 2.05) is 0 Å². The van der Waals surface area contributed by atoms with Gasteiger partial charge >= 0.3 is 12.1 Å². The van der Waals surface area contributed by atoms with E-state index in [9.17, 15) is 13.2 Å². The molecule has 0 atom stereocenters. The summed E-state index contributed by atoms with van der Waals surface area (Å²) in [5.41, 5.74) is 0. The molecule has 2 N–H and O–H groups in total. The zero-order valence-electron chi connectivity index (χ0n) is 5.65. The van der Waals surface area contributed by atoms with E-state index in [1.165, 1.54) is 0 Å². The predicted octanol–water partition coefficient (Wildman–Crippen LogP) is 0.722. The second kappa shape index (κ2) is 7.14. The molecule has 12 heavy (non-hydrogen) atoms. The minimum atomic E-state index is -5.08. The number of aliphatic carboxylic acids is 2. The molecule has 0 rings (SSSR count). The summed E-state index contributed by atoms with van der Waals surface area (Å²) in [5.74, 6) is -3.59. The summed E-state index contributed by atoms with van der Waals surface area (Å²) < 4.78 is 31.7. The van der Waals surface area contributed by atoms with Crippen LogP contribution in [0.5, 0.6) is 0 Å². The quantitative estimate of drug-likeness (QED) is 0.642. The largest absolute Gasteiger partial charge is 0.490 e. The topological polar surface area (TPSA) is 74.6 Å². The third kappa shape index (κ3) is 22.7. The number of carboxylic acid groups (broad SMARTS) is 2. The van der Waals surface area contributed by atoms with E-state index in [0.717, 1.165) is 6.92 Å². The molecular weight excluding hydrogens is 277 g/mol. The molecule has 0 aromatic rings. The van der Waals surface area contributed by atoms with Crippen molar-refractivity contribution in [1.82, 2.24) is 0 Å². The van der Waals surface area contributed by atoms with Gasteiger partial charge in [0, 0.05) is 29.3 Å². The molecular formula is C4H5AgF3O4.